The minimum absolute atomic E-state index is 0.206. The van der Waals surface area contributed by atoms with E-state index in [1.54, 1.807) is 24.3 Å². The lowest BCUT2D eigenvalue weighted by Crippen LogP contribution is -2.40. The molecule has 150 valence electrons. The number of nitrogens with one attached hydrogen (secondary N) is 2. The molecular formula is C18H19FN2O6S. The molecule has 0 unspecified atom stereocenters. The summed E-state index contributed by atoms with van der Waals surface area (Å²) in [5.74, 6) is -1.72. The second-order valence-electron chi connectivity index (χ2n) is 5.65. The van der Waals surface area contributed by atoms with Gasteiger partial charge >= 0.3 is 5.97 Å². The standard InChI is InChI=1S/C18H19FN2O6S/c1-12(21-28(24,25)14-9-7-13(19)8-10-14)18(23)27-11-17(22)20-15-5-3-4-6-16(15)26-2/h3-10,12,21H,11H2,1-2H3,(H,20,22)/t12-/m0/s1. The van der Waals surface area contributed by atoms with Crippen LogP contribution in [0.1, 0.15) is 6.92 Å². The third-order valence-electron chi connectivity index (χ3n) is 3.54. The van der Waals surface area contributed by atoms with E-state index in [1.807, 2.05) is 0 Å². The van der Waals surface area contributed by atoms with Gasteiger partial charge in [-0.3, -0.25) is 9.59 Å². The summed E-state index contributed by atoms with van der Waals surface area (Å²) in [5.41, 5.74) is 0.399. The quantitative estimate of drug-likeness (QED) is 0.641. The van der Waals surface area contributed by atoms with Crippen LogP contribution in [-0.4, -0.2) is 40.1 Å². The second-order valence-corrected chi connectivity index (χ2v) is 7.37. The number of carbonyl (C=O) groups excluding carboxylic acids is 2. The number of rotatable bonds is 8. The number of hydrogen-bond acceptors (Lipinski definition) is 6. The van der Waals surface area contributed by atoms with Gasteiger partial charge in [0.25, 0.3) is 5.91 Å². The smallest absolute Gasteiger partial charge is 0.324 e. The normalized spacial score (nSPS) is 12.1. The van der Waals surface area contributed by atoms with Crippen molar-refractivity contribution < 1.29 is 31.9 Å². The molecule has 0 aliphatic heterocycles. The van der Waals surface area contributed by atoms with E-state index in [0.717, 1.165) is 24.3 Å². The van der Waals surface area contributed by atoms with Crippen molar-refractivity contribution in [2.24, 2.45) is 0 Å². The van der Waals surface area contributed by atoms with Gasteiger partial charge in [0, 0.05) is 0 Å². The third-order valence-corrected chi connectivity index (χ3v) is 5.09. The highest BCUT2D eigenvalue weighted by Crippen LogP contribution is 2.22. The maximum Gasteiger partial charge on any atom is 0.324 e. The van der Waals surface area contributed by atoms with E-state index in [-0.39, 0.29) is 4.90 Å². The van der Waals surface area contributed by atoms with Crippen molar-refractivity contribution in [3.05, 3.63) is 54.3 Å². The maximum absolute atomic E-state index is 12.9. The Bertz CT molecular complexity index is 947. The van der Waals surface area contributed by atoms with E-state index in [1.165, 1.54) is 14.0 Å². The molecule has 8 nitrogen and oxygen atoms in total. The lowest BCUT2D eigenvalue weighted by molar-refractivity contribution is -0.148. The molecule has 0 saturated carbocycles. The number of amides is 1. The average molecular weight is 410 g/mol. The van der Waals surface area contributed by atoms with Crippen LogP contribution in [0.15, 0.2) is 53.4 Å². The average Bonchev–Trinajstić information content (AvgIpc) is 2.66. The van der Waals surface area contributed by atoms with E-state index in [4.69, 9.17) is 9.47 Å². The van der Waals surface area contributed by atoms with Gasteiger partial charge in [0.1, 0.15) is 17.6 Å². The molecule has 2 rings (SSSR count). The molecule has 0 radical (unpaired) electrons. The van der Waals surface area contributed by atoms with E-state index >= 15 is 0 Å². The van der Waals surface area contributed by atoms with Crippen molar-refractivity contribution >= 4 is 27.6 Å². The topological polar surface area (TPSA) is 111 Å². The summed E-state index contributed by atoms with van der Waals surface area (Å²) in [6.07, 6.45) is 0. The third kappa shape index (κ3) is 5.76. The number of methoxy groups -OCH3 is 1. The molecule has 0 spiro atoms. The van der Waals surface area contributed by atoms with E-state index in [9.17, 15) is 22.4 Å². The highest BCUT2D eigenvalue weighted by molar-refractivity contribution is 7.89. The molecule has 1 atom stereocenters. The summed E-state index contributed by atoms with van der Waals surface area (Å²) in [7, 11) is -2.61. The fourth-order valence-corrected chi connectivity index (χ4v) is 3.35. The highest BCUT2D eigenvalue weighted by atomic mass is 32.2. The van der Waals surface area contributed by atoms with Crippen molar-refractivity contribution in [3.63, 3.8) is 0 Å². The highest BCUT2D eigenvalue weighted by Gasteiger charge is 2.23. The predicted molar refractivity (Wildman–Crippen MR) is 98.8 cm³/mol. The number of halogens is 1. The summed E-state index contributed by atoms with van der Waals surface area (Å²) < 4.78 is 49.3. The van der Waals surface area contributed by atoms with E-state index in [2.05, 4.69) is 10.0 Å². The number of carbonyl (C=O) groups is 2. The van der Waals surface area contributed by atoms with Gasteiger partial charge in [0.2, 0.25) is 10.0 Å². The van der Waals surface area contributed by atoms with Gasteiger partial charge in [0.15, 0.2) is 6.61 Å². The first kappa shape index (κ1) is 21.3. The Labute approximate surface area is 161 Å². The van der Waals surface area contributed by atoms with Gasteiger partial charge in [-0.2, -0.15) is 4.72 Å². The Morgan fingerprint density at radius 3 is 2.39 bits per heavy atom. The van der Waals surface area contributed by atoms with Crippen LogP contribution in [-0.2, 0) is 24.3 Å². The number of benzene rings is 2. The molecular weight excluding hydrogens is 391 g/mol. The summed E-state index contributed by atoms with van der Waals surface area (Å²) >= 11 is 0. The van der Waals surface area contributed by atoms with E-state index in [0.29, 0.717) is 11.4 Å². The summed E-state index contributed by atoms with van der Waals surface area (Å²) in [5, 5.41) is 2.52. The van der Waals surface area contributed by atoms with Gasteiger partial charge < -0.3 is 14.8 Å². The molecule has 0 bridgehead atoms. The first-order valence-electron chi connectivity index (χ1n) is 8.10. The van der Waals surface area contributed by atoms with Gasteiger partial charge in [0.05, 0.1) is 17.7 Å². The lowest BCUT2D eigenvalue weighted by atomic mass is 10.3. The van der Waals surface area contributed by atoms with Crippen molar-refractivity contribution in [1.29, 1.82) is 0 Å². The van der Waals surface area contributed by atoms with E-state index < -0.39 is 40.4 Å². The minimum Gasteiger partial charge on any atom is -0.495 e. The molecule has 2 aromatic carbocycles. The Kier molecular flexibility index (Phi) is 7.07. The molecule has 0 aliphatic rings. The maximum atomic E-state index is 12.9. The van der Waals surface area contributed by atoms with Crippen LogP contribution in [0, 0.1) is 5.82 Å². The van der Waals surface area contributed by atoms with Crippen LogP contribution in [0.4, 0.5) is 10.1 Å². The van der Waals surface area contributed by atoms with Crippen LogP contribution in [0.3, 0.4) is 0 Å². The number of ether oxygens (including phenoxy) is 2. The lowest BCUT2D eigenvalue weighted by Gasteiger charge is -2.14. The Morgan fingerprint density at radius 1 is 1.11 bits per heavy atom. The largest absolute Gasteiger partial charge is 0.495 e. The summed E-state index contributed by atoms with van der Waals surface area (Å²) in [6.45, 7) is 0.654. The molecule has 0 fully saturated rings. The van der Waals surface area contributed by atoms with Gasteiger partial charge in [-0.25, -0.2) is 12.8 Å². The number of esters is 1. The molecule has 2 aromatic rings. The van der Waals surface area contributed by atoms with Crippen molar-refractivity contribution in [3.8, 4) is 5.75 Å². The fraction of sp³-hybridized carbons (Fsp3) is 0.222. The molecule has 0 aromatic heterocycles. The molecule has 2 N–H and O–H groups in total. The minimum atomic E-state index is -4.05. The van der Waals surface area contributed by atoms with Crippen molar-refractivity contribution in [2.75, 3.05) is 19.0 Å². The number of para-hydroxylation sites is 2. The fourth-order valence-electron chi connectivity index (χ4n) is 2.16. The zero-order chi connectivity index (χ0) is 20.7. The first-order valence-corrected chi connectivity index (χ1v) is 9.58. The SMILES string of the molecule is COc1ccccc1NC(=O)COC(=O)[C@H](C)NS(=O)(=O)c1ccc(F)cc1. The second kappa shape index (κ2) is 9.29. The van der Waals surface area contributed by atoms with Gasteiger partial charge in [-0.05, 0) is 43.3 Å². The summed E-state index contributed by atoms with van der Waals surface area (Å²) in [6, 6.07) is 9.52. The van der Waals surface area contributed by atoms with Crippen molar-refractivity contribution in [2.45, 2.75) is 17.9 Å². The predicted octanol–water partition coefficient (Wildman–Crippen LogP) is 1.68. The van der Waals surface area contributed by atoms with Crippen LogP contribution >= 0.6 is 0 Å². The zero-order valence-corrected chi connectivity index (χ0v) is 16.0. The number of sulfonamides is 1. The summed E-state index contributed by atoms with van der Waals surface area (Å²) in [4.78, 5) is 23.7. The number of anilines is 1. The Hall–Kier alpha value is -2.98. The molecule has 0 aliphatic carbocycles. The molecule has 0 saturated heterocycles. The van der Waals surface area contributed by atoms with Gasteiger partial charge in [-0.15, -0.1) is 0 Å². The van der Waals surface area contributed by atoms with Gasteiger partial charge in [-0.1, -0.05) is 12.1 Å². The molecule has 0 heterocycles. The van der Waals surface area contributed by atoms with Crippen LogP contribution in [0.5, 0.6) is 5.75 Å². The molecule has 28 heavy (non-hydrogen) atoms. The zero-order valence-electron chi connectivity index (χ0n) is 15.1. The first-order chi connectivity index (χ1) is 13.2. The Balaban J connectivity index is 1.89. The van der Waals surface area contributed by atoms with Crippen LogP contribution in [0.25, 0.3) is 0 Å². The van der Waals surface area contributed by atoms with Crippen LogP contribution in [0.2, 0.25) is 0 Å². The Morgan fingerprint density at radius 2 is 1.75 bits per heavy atom. The van der Waals surface area contributed by atoms with Crippen LogP contribution < -0.4 is 14.8 Å². The van der Waals surface area contributed by atoms with Crippen molar-refractivity contribution in [1.82, 2.24) is 4.72 Å². The molecule has 1 amide bonds. The monoisotopic (exact) mass is 410 g/mol. The molecule has 10 heteroatoms. The number of hydrogen-bond donors (Lipinski definition) is 2.